The largest absolute Gasteiger partial charge is 0.458 e. The van der Waals surface area contributed by atoms with E-state index in [4.69, 9.17) is 18.9 Å². The average Bonchev–Trinajstić information content (AvgIpc) is 2.57. The third kappa shape index (κ3) is 4.09. The number of rotatable bonds is 0. The van der Waals surface area contributed by atoms with Crippen molar-refractivity contribution in [2.75, 3.05) is 0 Å². The number of carbonyl (C=O) groups is 2. The van der Waals surface area contributed by atoms with Crippen molar-refractivity contribution in [3.8, 4) is 0 Å². The average molecular weight is 340 g/mol. The zero-order valence-corrected chi connectivity index (χ0v) is 14.6. The van der Waals surface area contributed by atoms with Crippen molar-refractivity contribution in [1.29, 1.82) is 0 Å². The lowest BCUT2D eigenvalue weighted by molar-refractivity contribution is -0.202. The Morgan fingerprint density at radius 2 is 0.958 bits per heavy atom. The summed E-state index contributed by atoms with van der Waals surface area (Å²) in [7, 11) is 0. The van der Waals surface area contributed by atoms with Crippen molar-refractivity contribution in [2.24, 2.45) is 0 Å². The molecule has 1 saturated heterocycles. The standard InChI is InChI=1S/C18H28O6/c1-11-17(19)23-16-10-6-4-8-14(16)22-12(2)18(20)24-15-9-5-3-7-13(15)21-11/h11-16H,3-10H2,1-2H3. The van der Waals surface area contributed by atoms with Gasteiger partial charge in [0.25, 0.3) is 0 Å². The van der Waals surface area contributed by atoms with E-state index in [1.54, 1.807) is 13.8 Å². The lowest BCUT2D eigenvalue weighted by Gasteiger charge is -2.37. The summed E-state index contributed by atoms with van der Waals surface area (Å²) in [6.45, 7) is 3.42. The van der Waals surface area contributed by atoms with Crippen LogP contribution in [0.15, 0.2) is 0 Å². The summed E-state index contributed by atoms with van der Waals surface area (Å²) >= 11 is 0. The molecule has 6 nitrogen and oxygen atoms in total. The third-order valence-electron chi connectivity index (χ3n) is 5.24. The molecule has 0 spiro atoms. The van der Waals surface area contributed by atoms with E-state index in [0.29, 0.717) is 0 Å². The summed E-state index contributed by atoms with van der Waals surface area (Å²) in [6, 6.07) is 0. The van der Waals surface area contributed by atoms with Crippen LogP contribution in [0.2, 0.25) is 0 Å². The van der Waals surface area contributed by atoms with Crippen LogP contribution in [-0.2, 0) is 28.5 Å². The molecule has 3 rings (SSSR count). The number of esters is 2. The predicted molar refractivity (Wildman–Crippen MR) is 85.4 cm³/mol. The van der Waals surface area contributed by atoms with E-state index in [1.165, 1.54) is 0 Å². The first-order valence-electron chi connectivity index (χ1n) is 9.26. The predicted octanol–water partition coefficient (Wildman–Crippen LogP) is 2.52. The summed E-state index contributed by atoms with van der Waals surface area (Å²) in [5.74, 6) is -0.696. The number of carbonyl (C=O) groups excluding carboxylic acids is 2. The second-order valence-corrected chi connectivity index (χ2v) is 7.15. The van der Waals surface area contributed by atoms with E-state index < -0.39 is 12.2 Å². The summed E-state index contributed by atoms with van der Waals surface area (Å²) < 4.78 is 23.1. The molecule has 3 aliphatic rings. The van der Waals surface area contributed by atoms with Crippen LogP contribution in [-0.4, -0.2) is 48.6 Å². The molecule has 0 aromatic rings. The van der Waals surface area contributed by atoms with E-state index in [0.717, 1.165) is 51.4 Å². The van der Waals surface area contributed by atoms with Gasteiger partial charge in [0.2, 0.25) is 0 Å². The number of ether oxygens (including phenoxy) is 4. The topological polar surface area (TPSA) is 71.1 Å². The fourth-order valence-electron chi connectivity index (χ4n) is 3.83. The van der Waals surface area contributed by atoms with E-state index in [-0.39, 0.29) is 36.4 Å². The van der Waals surface area contributed by atoms with Crippen LogP contribution in [0.3, 0.4) is 0 Å². The molecule has 6 unspecified atom stereocenters. The minimum absolute atomic E-state index is 0.251. The van der Waals surface area contributed by atoms with Gasteiger partial charge in [0.1, 0.15) is 12.2 Å². The monoisotopic (exact) mass is 340 g/mol. The minimum atomic E-state index is -0.659. The molecular weight excluding hydrogens is 312 g/mol. The first-order chi connectivity index (χ1) is 11.5. The quantitative estimate of drug-likeness (QED) is 0.631. The summed E-state index contributed by atoms with van der Waals surface area (Å²) in [5, 5.41) is 0. The molecule has 2 saturated carbocycles. The van der Waals surface area contributed by atoms with Crippen molar-refractivity contribution in [3.63, 3.8) is 0 Å². The molecule has 1 heterocycles. The van der Waals surface area contributed by atoms with Crippen LogP contribution < -0.4 is 0 Å². The fraction of sp³-hybridized carbons (Fsp3) is 0.889. The molecule has 0 amide bonds. The van der Waals surface area contributed by atoms with Gasteiger partial charge < -0.3 is 18.9 Å². The summed E-state index contributed by atoms with van der Waals surface area (Å²) in [5.41, 5.74) is 0. The first-order valence-corrected chi connectivity index (χ1v) is 9.26. The van der Waals surface area contributed by atoms with E-state index >= 15 is 0 Å². The van der Waals surface area contributed by atoms with Crippen LogP contribution in [0.5, 0.6) is 0 Å². The molecule has 6 atom stereocenters. The zero-order valence-electron chi connectivity index (χ0n) is 14.6. The highest BCUT2D eigenvalue weighted by molar-refractivity contribution is 5.75. The summed E-state index contributed by atoms with van der Waals surface area (Å²) in [6.07, 6.45) is 4.67. The van der Waals surface area contributed by atoms with Crippen LogP contribution >= 0.6 is 0 Å². The van der Waals surface area contributed by atoms with Gasteiger partial charge in [-0.05, 0) is 52.4 Å². The Balaban J connectivity index is 1.78. The normalized spacial score (nSPS) is 41.8. The maximum Gasteiger partial charge on any atom is 0.335 e. The zero-order chi connectivity index (χ0) is 17.1. The molecule has 24 heavy (non-hydrogen) atoms. The van der Waals surface area contributed by atoms with Gasteiger partial charge in [0.15, 0.2) is 12.2 Å². The Bertz CT molecular complexity index is 422. The Labute approximate surface area is 143 Å². The van der Waals surface area contributed by atoms with Crippen molar-refractivity contribution in [3.05, 3.63) is 0 Å². The van der Waals surface area contributed by atoms with Gasteiger partial charge in [0, 0.05) is 0 Å². The van der Waals surface area contributed by atoms with E-state index in [1.807, 2.05) is 0 Å². The van der Waals surface area contributed by atoms with Gasteiger partial charge in [0.05, 0.1) is 12.2 Å². The molecule has 0 bridgehead atoms. The smallest absolute Gasteiger partial charge is 0.335 e. The van der Waals surface area contributed by atoms with Gasteiger partial charge in [-0.3, -0.25) is 0 Å². The SMILES string of the molecule is CC1OC2CCCCC2OC(=O)C(C)OC2CCCCC2OC1=O. The Morgan fingerprint density at radius 1 is 0.625 bits per heavy atom. The lowest BCUT2D eigenvalue weighted by atomic mass is 9.93. The van der Waals surface area contributed by atoms with Gasteiger partial charge >= 0.3 is 11.9 Å². The number of fused-ring (bicyclic) bond motifs is 2. The van der Waals surface area contributed by atoms with Gasteiger partial charge in [-0.25, -0.2) is 9.59 Å². The summed E-state index contributed by atoms with van der Waals surface area (Å²) in [4.78, 5) is 24.8. The molecule has 0 radical (unpaired) electrons. The van der Waals surface area contributed by atoms with Crippen molar-refractivity contribution in [2.45, 2.75) is 102 Å². The first kappa shape index (κ1) is 17.7. The second-order valence-electron chi connectivity index (χ2n) is 7.15. The Morgan fingerprint density at radius 3 is 1.33 bits per heavy atom. The van der Waals surface area contributed by atoms with Gasteiger partial charge in [-0.1, -0.05) is 12.8 Å². The minimum Gasteiger partial charge on any atom is -0.458 e. The van der Waals surface area contributed by atoms with Gasteiger partial charge in [-0.2, -0.15) is 0 Å². The number of hydrogen-bond donors (Lipinski definition) is 0. The van der Waals surface area contributed by atoms with E-state index in [2.05, 4.69) is 0 Å². The molecular formula is C18H28O6. The van der Waals surface area contributed by atoms with Crippen LogP contribution in [0.1, 0.15) is 65.2 Å². The number of hydrogen-bond acceptors (Lipinski definition) is 6. The molecule has 1 aliphatic heterocycles. The van der Waals surface area contributed by atoms with Crippen molar-refractivity contribution >= 4 is 11.9 Å². The lowest BCUT2D eigenvalue weighted by Crippen LogP contribution is -2.47. The van der Waals surface area contributed by atoms with Crippen molar-refractivity contribution in [1.82, 2.24) is 0 Å². The molecule has 6 heteroatoms. The Hall–Kier alpha value is -1.14. The third-order valence-corrected chi connectivity index (χ3v) is 5.24. The second kappa shape index (κ2) is 7.83. The highest BCUT2D eigenvalue weighted by Gasteiger charge is 2.38. The van der Waals surface area contributed by atoms with Crippen LogP contribution in [0, 0.1) is 0 Å². The fourth-order valence-corrected chi connectivity index (χ4v) is 3.83. The highest BCUT2D eigenvalue weighted by atomic mass is 16.6. The van der Waals surface area contributed by atoms with E-state index in [9.17, 15) is 9.59 Å². The highest BCUT2D eigenvalue weighted by Crippen LogP contribution is 2.29. The molecule has 3 fully saturated rings. The molecule has 136 valence electrons. The van der Waals surface area contributed by atoms with Crippen LogP contribution in [0.4, 0.5) is 0 Å². The maximum atomic E-state index is 12.4. The molecule has 0 aromatic carbocycles. The van der Waals surface area contributed by atoms with Crippen molar-refractivity contribution < 1.29 is 28.5 Å². The van der Waals surface area contributed by atoms with Crippen LogP contribution in [0.25, 0.3) is 0 Å². The Kier molecular flexibility index (Phi) is 5.76. The van der Waals surface area contributed by atoms with Gasteiger partial charge in [-0.15, -0.1) is 0 Å². The molecule has 2 aliphatic carbocycles. The molecule has 0 N–H and O–H groups in total. The molecule has 0 aromatic heterocycles. The maximum absolute atomic E-state index is 12.4.